The van der Waals surface area contributed by atoms with Gasteiger partial charge in [0, 0.05) is 17.0 Å². The Morgan fingerprint density at radius 2 is 1.64 bits per heavy atom. The van der Waals surface area contributed by atoms with Crippen LogP contribution in [0.15, 0.2) is 59.5 Å². The van der Waals surface area contributed by atoms with E-state index in [9.17, 15) is 9.59 Å². The molecule has 2 amide bonds. The van der Waals surface area contributed by atoms with Crippen molar-refractivity contribution < 1.29 is 9.59 Å². The van der Waals surface area contributed by atoms with Gasteiger partial charge in [-0.05, 0) is 57.9 Å². The molecule has 0 aliphatic heterocycles. The molecule has 28 heavy (non-hydrogen) atoms. The van der Waals surface area contributed by atoms with Crippen molar-refractivity contribution in [1.82, 2.24) is 10.2 Å². The highest BCUT2D eigenvalue weighted by atomic mass is 32.2. The van der Waals surface area contributed by atoms with E-state index in [1.165, 1.54) is 11.8 Å². The summed E-state index contributed by atoms with van der Waals surface area (Å²) in [4.78, 5) is 28.5. The lowest BCUT2D eigenvalue weighted by Gasteiger charge is -2.31. The van der Waals surface area contributed by atoms with Gasteiger partial charge in [0.15, 0.2) is 0 Å². The van der Waals surface area contributed by atoms with E-state index in [0.29, 0.717) is 12.3 Å². The maximum Gasteiger partial charge on any atom is 0.242 e. The molecule has 0 fully saturated rings. The summed E-state index contributed by atoms with van der Waals surface area (Å²) in [6.07, 6.45) is 0. The van der Waals surface area contributed by atoms with Crippen LogP contribution < -0.4 is 5.32 Å². The van der Waals surface area contributed by atoms with Crippen molar-refractivity contribution in [3.63, 3.8) is 0 Å². The van der Waals surface area contributed by atoms with E-state index in [4.69, 9.17) is 0 Å². The fraction of sp³-hybridized carbons (Fsp3) is 0.391. The minimum absolute atomic E-state index is 0.0475. The molecule has 0 bridgehead atoms. The maximum absolute atomic E-state index is 13.1. The molecule has 0 saturated carbocycles. The molecule has 0 aliphatic carbocycles. The van der Waals surface area contributed by atoms with Crippen LogP contribution >= 0.6 is 11.8 Å². The van der Waals surface area contributed by atoms with Crippen LogP contribution in [0.25, 0.3) is 0 Å². The number of nitrogens with one attached hydrogen (secondary N) is 1. The summed E-state index contributed by atoms with van der Waals surface area (Å²) in [6.45, 7) is 10.1. The third-order valence-electron chi connectivity index (χ3n) is 4.37. The van der Waals surface area contributed by atoms with Gasteiger partial charge in [-0.15, -0.1) is 11.8 Å². The van der Waals surface area contributed by atoms with E-state index in [0.717, 1.165) is 16.0 Å². The number of carbonyl (C=O) groups is 2. The van der Waals surface area contributed by atoms with Crippen LogP contribution in [-0.4, -0.2) is 34.0 Å². The first-order valence-electron chi connectivity index (χ1n) is 9.51. The average Bonchev–Trinajstić information content (AvgIpc) is 2.64. The first-order valence-corrected chi connectivity index (χ1v) is 10.5. The van der Waals surface area contributed by atoms with Gasteiger partial charge in [0.05, 0.1) is 5.75 Å². The third kappa shape index (κ3) is 6.71. The van der Waals surface area contributed by atoms with Crippen molar-refractivity contribution in [3.05, 3.63) is 65.7 Å². The Hall–Kier alpha value is -2.27. The quantitative estimate of drug-likeness (QED) is 0.703. The van der Waals surface area contributed by atoms with Crippen molar-refractivity contribution in [2.24, 2.45) is 0 Å². The summed E-state index contributed by atoms with van der Waals surface area (Å²) in [7, 11) is 0. The van der Waals surface area contributed by atoms with E-state index >= 15 is 0 Å². The molecule has 1 atom stereocenters. The Kier molecular flexibility index (Phi) is 7.69. The number of aryl methyl sites for hydroxylation is 1. The number of rotatable bonds is 7. The molecule has 1 N–H and O–H groups in total. The number of nitrogens with zero attached hydrogens (tertiary/aromatic N) is 1. The van der Waals surface area contributed by atoms with Crippen LogP contribution in [0.1, 0.15) is 38.8 Å². The van der Waals surface area contributed by atoms with E-state index < -0.39 is 6.04 Å². The molecule has 2 aromatic carbocycles. The van der Waals surface area contributed by atoms with Gasteiger partial charge in [-0.2, -0.15) is 0 Å². The lowest BCUT2D eigenvalue weighted by atomic mass is 10.1. The van der Waals surface area contributed by atoms with Crippen molar-refractivity contribution in [1.29, 1.82) is 0 Å². The number of carbonyl (C=O) groups excluding carboxylic acids is 2. The predicted molar refractivity (Wildman–Crippen MR) is 116 cm³/mol. The molecule has 1 unspecified atom stereocenters. The SMILES string of the molecule is Cc1ccccc1CN(C(=O)CSc1ccccc1)C(C)C(=O)NC(C)(C)C. The zero-order chi connectivity index (χ0) is 20.7. The zero-order valence-corrected chi connectivity index (χ0v) is 18.2. The highest BCUT2D eigenvalue weighted by Crippen LogP contribution is 2.20. The Balaban J connectivity index is 2.18. The van der Waals surface area contributed by atoms with Crippen LogP contribution in [0.3, 0.4) is 0 Å². The largest absolute Gasteiger partial charge is 0.350 e. The lowest BCUT2D eigenvalue weighted by molar-refractivity contribution is -0.139. The smallest absolute Gasteiger partial charge is 0.242 e. The predicted octanol–water partition coefficient (Wildman–Crippen LogP) is 4.42. The molecule has 150 valence electrons. The molecule has 4 nitrogen and oxygen atoms in total. The highest BCUT2D eigenvalue weighted by molar-refractivity contribution is 8.00. The normalized spacial score (nSPS) is 12.3. The summed E-state index contributed by atoms with van der Waals surface area (Å²) >= 11 is 1.49. The van der Waals surface area contributed by atoms with Crippen molar-refractivity contribution in [2.45, 2.75) is 57.6 Å². The Bertz CT molecular complexity index is 800. The number of benzene rings is 2. The molecule has 0 spiro atoms. The van der Waals surface area contributed by atoms with Crippen LogP contribution in [0.2, 0.25) is 0 Å². The van der Waals surface area contributed by atoms with Crippen LogP contribution in [0.4, 0.5) is 0 Å². The van der Waals surface area contributed by atoms with E-state index in [1.807, 2.05) is 82.3 Å². The fourth-order valence-corrected chi connectivity index (χ4v) is 3.58. The Morgan fingerprint density at radius 1 is 1.04 bits per heavy atom. The van der Waals surface area contributed by atoms with Gasteiger partial charge < -0.3 is 10.2 Å². The average molecular weight is 399 g/mol. The number of hydrogen-bond acceptors (Lipinski definition) is 3. The monoisotopic (exact) mass is 398 g/mol. The number of amides is 2. The van der Waals surface area contributed by atoms with Gasteiger partial charge in [0.25, 0.3) is 0 Å². The second-order valence-corrected chi connectivity index (χ2v) is 9.01. The molecule has 2 aromatic rings. The molecular formula is C23H30N2O2S. The molecule has 0 aliphatic rings. The van der Waals surface area contributed by atoms with Crippen molar-refractivity contribution in [3.8, 4) is 0 Å². The van der Waals surface area contributed by atoms with Crippen LogP contribution in [-0.2, 0) is 16.1 Å². The summed E-state index contributed by atoms with van der Waals surface area (Å²) in [6, 6.07) is 17.3. The molecule has 2 rings (SSSR count). The molecule has 0 saturated heterocycles. The second kappa shape index (κ2) is 9.78. The first kappa shape index (κ1) is 22.0. The number of thioether (sulfide) groups is 1. The van der Waals surface area contributed by atoms with Gasteiger partial charge in [-0.1, -0.05) is 42.5 Å². The molecule has 0 radical (unpaired) electrons. The van der Waals surface area contributed by atoms with E-state index in [1.54, 1.807) is 11.8 Å². The van der Waals surface area contributed by atoms with Crippen molar-refractivity contribution >= 4 is 23.6 Å². The summed E-state index contributed by atoms with van der Waals surface area (Å²) < 4.78 is 0. The Labute approximate surface area is 172 Å². The van der Waals surface area contributed by atoms with Gasteiger partial charge in [-0.3, -0.25) is 9.59 Å². The Morgan fingerprint density at radius 3 is 2.25 bits per heavy atom. The molecule has 0 heterocycles. The minimum Gasteiger partial charge on any atom is -0.350 e. The van der Waals surface area contributed by atoms with E-state index in [2.05, 4.69) is 5.32 Å². The summed E-state index contributed by atoms with van der Waals surface area (Å²) in [5, 5.41) is 2.99. The fourth-order valence-electron chi connectivity index (χ4n) is 2.77. The van der Waals surface area contributed by atoms with Crippen molar-refractivity contribution in [2.75, 3.05) is 5.75 Å². The molecular weight excluding hydrogens is 368 g/mol. The third-order valence-corrected chi connectivity index (χ3v) is 5.37. The first-order chi connectivity index (χ1) is 13.2. The summed E-state index contributed by atoms with van der Waals surface area (Å²) in [5.74, 6) is 0.107. The zero-order valence-electron chi connectivity index (χ0n) is 17.4. The second-order valence-electron chi connectivity index (χ2n) is 7.97. The molecule has 0 aromatic heterocycles. The highest BCUT2D eigenvalue weighted by Gasteiger charge is 2.28. The van der Waals surface area contributed by atoms with E-state index in [-0.39, 0.29) is 17.4 Å². The van der Waals surface area contributed by atoms with Gasteiger partial charge >= 0.3 is 0 Å². The maximum atomic E-state index is 13.1. The standard InChI is InChI=1S/C23H30N2O2S/c1-17-11-9-10-12-19(17)15-25(18(2)22(27)24-23(3,4)5)21(26)16-28-20-13-7-6-8-14-20/h6-14,18H,15-16H2,1-5H3,(H,24,27). The molecule has 5 heteroatoms. The van der Waals surface area contributed by atoms with Crippen LogP contribution in [0.5, 0.6) is 0 Å². The summed E-state index contributed by atoms with van der Waals surface area (Å²) in [5.41, 5.74) is 1.82. The lowest BCUT2D eigenvalue weighted by Crippen LogP contribution is -2.52. The van der Waals surface area contributed by atoms with Gasteiger partial charge in [-0.25, -0.2) is 0 Å². The van der Waals surface area contributed by atoms with Gasteiger partial charge in [0.2, 0.25) is 11.8 Å². The topological polar surface area (TPSA) is 49.4 Å². The van der Waals surface area contributed by atoms with Gasteiger partial charge in [0.1, 0.15) is 6.04 Å². The minimum atomic E-state index is -0.553. The van der Waals surface area contributed by atoms with Crippen LogP contribution in [0, 0.1) is 6.92 Å². The number of hydrogen-bond donors (Lipinski definition) is 1.